The maximum Gasteiger partial charge on any atom is 0.213 e. The molecule has 1 aliphatic carbocycles. The summed E-state index contributed by atoms with van der Waals surface area (Å²) in [5.74, 6) is 1.30. The number of hydrogen-bond acceptors (Lipinski definition) is 3. The van der Waals surface area contributed by atoms with E-state index in [1.165, 1.54) is 37.8 Å². The number of methoxy groups -OCH3 is 1. The van der Waals surface area contributed by atoms with E-state index in [1.807, 2.05) is 6.07 Å². The number of ether oxygens (including phenoxy) is 1. The summed E-state index contributed by atoms with van der Waals surface area (Å²) in [6, 6.07) is 4.06. The molecule has 3 heteroatoms. The van der Waals surface area contributed by atoms with E-state index in [4.69, 9.17) is 10.5 Å². The molecular weight excluding hydrogens is 200 g/mol. The molecular formula is C13H20N2O. The fraction of sp³-hybridized carbons (Fsp3) is 0.615. The predicted octanol–water partition coefficient (Wildman–Crippen LogP) is 2.60. The second kappa shape index (κ2) is 5.30. The Morgan fingerprint density at radius 3 is 2.69 bits per heavy atom. The number of pyridine rings is 1. The minimum absolute atomic E-state index is 0.554. The topological polar surface area (TPSA) is 48.1 Å². The quantitative estimate of drug-likeness (QED) is 0.851. The average Bonchev–Trinajstić information content (AvgIpc) is 2.39. The molecule has 1 aromatic heterocycles. The highest BCUT2D eigenvalue weighted by molar-refractivity contribution is 5.27. The van der Waals surface area contributed by atoms with Gasteiger partial charge in [-0.25, -0.2) is 4.98 Å². The van der Waals surface area contributed by atoms with Crippen LogP contribution in [0.3, 0.4) is 0 Å². The molecule has 2 rings (SSSR count). The van der Waals surface area contributed by atoms with Gasteiger partial charge in [0, 0.05) is 24.2 Å². The molecule has 0 aliphatic heterocycles. The van der Waals surface area contributed by atoms with Crippen molar-refractivity contribution in [3.05, 3.63) is 23.4 Å². The van der Waals surface area contributed by atoms with E-state index < -0.39 is 0 Å². The molecule has 1 fully saturated rings. The Hall–Kier alpha value is -1.09. The highest BCUT2D eigenvalue weighted by Crippen LogP contribution is 2.32. The van der Waals surface area contributed by atoms with E-state index in [0.717, 1.165) is 5.56 Å². The van der Waals surface area contributed by atoms with E-state index >= 15 is 0 Å². The fourth-order valence-corrected chi connectivity index (χ4v) is 2.41. The lowest BCUT2D eigenvalue weighted by atomic mass is 9.86. The third-order valence-corrected chi connectivity index (χ3v) is 3.35. The Bertz CT molecular complexity index is 324. The Balaban J connectivity index is 2.24. The normalized spacial score (nSPS) is 17.4. The zero-order valence-electron chi connectivity index (χ0n) is 9.91. The van der Waals surface area contributed by atoms with Crippen LogP contribution in [0.5, 0.6) is 5.88 Å². The van der Waals surface area contributed by atoms with Crippen LogP contribution in [-0.4, -0.2) is 12.1 Å². The highest BCUT2D eigenvalue weighted by atomic mass is 16.5. The Kier molecular flexibility index (Phi) is 3.78. The van der Waals surface area contributed by atoms with Crippen molar-refractivity contribution in [2.75, 3.05) is 7.11 Å². The van der Waals surface area contributed by atoms with E-state index in [9.17, 15) is 0 Å². The molecule has 0 amide bonds. The van der Waals surface area contributed by atoms with Gasteiger partial charge in [-0.05, 0) is 24.5 Å². The average molecular weight is 220 g/mol. The van der Waals surface area contributed by atoms with Crippen LogP contribution in [0.2, 0.25) is 0 Å². The Labute approximate surface area is 97.0 Å². The first-order chi connectivity index (χ1) is 7.83. The summed E-state index contributed by atoms with van der Waals surface area (Å²) in [6.07, 6.45) is 6.52. The third-order valence-electron chi connectivity index (χ3n) is 3.35. The van der Waals surface area contributed by atoms with Crippen LogP contribution in [0.1, 0.15) is 49.3 Å². The van der Waals surface area contributed by atoms with Crippen molar-refractivity contribution in [3.63, 3.8) is 0 Å². The number of nitrogens with zero attached hydrogens (tertiary/aromatic N) is 1. The van der Waals surface area contributed by atoms with Crippen molar-refractivity contribution in [2.24, 2.45) is 5.73 Å². The molecule has 16 heavy (non-hydrogen) atoms. The Morgan fingerprint density at radius 2 is 2.06 bits per heavy atom. The van der Waals surface area contributed by atoms with Crippen LogP contribution >= 0.6 is 0 Å². The van der Waals surface area contributed by atoms with E-state index in [2.05, 4.69) is 11.1 Å². The lowest BCUT2D eigenvalue weighted by molar-refractivity contribution is 0.386. The van der Waals surface area contributed by atoms with Gasteiger partial charge < -0.3 is 10.5 Å². The summed E-state index contributed by atoms with van der Waals surface area (Å²) in [5.41, 5.74) is 7.97. The number of rotatable bonds is 3. The molecule has 0 spiro atoms. The first-order valence-corrected chi connectivity index (χ1v) is 6.08. The maximum atomic E-state index is 5.69. The summed E-state index contributed by atoms with van der Waals surface area (Å²) < 4.78 is 5.22. The van der Waals surface area contributed by atoms with Crippen molar-refractivity contribution in [1.29, 1.82) is 0 Å². The number of hydrogen-bond donors (Lipinski definition) is 1. The molecule has 0 unspecified atom stereocenters. The number of nitrogens with two attached hydrogens (primary N) is 1. The molecule has 1 heterocycles. The smallest absolute Gasteiger partial charge is 0.213 e. The minimum Gasteiger partial charge on any atom is -0.481 e. The zero-order chi connectivity index (χ0) is 11.4. The predicted molar refractivity (Wildman–Crippen MR) is 64.5 cm³/mol. The van der Waals surface area contributed by atoms with Crippen molar-refractivity contribution >= 4 is 0 Å². The molecule has 2 N–H and O–H groups in total. The first-order valence-electron chi connectivity index (χ1n) is 6.08. The second-order valence-electron chi connectivity index (χ2n) is 4.48. The molecule has 1 aromatic rings. The molecule has 88 valence electrons. The summed E-state index contributed by atoms with van der Waals surface area (Å²) in [4.78, 5) is 4.55. The maximum absolute atomic E-state index is 5.69. The van der Waals surface area contributed by atoms with Gasteiger partial charge in [-0.1, -0.05) is 19.3 Å². The molecule has 1 saturated carbocycles. The molecule has 0 radical (unpaired) electrons. The monoisotopic (exact) mass is 220 g/mol. The molecule has 0 saturated heterocycles. The van der Waals surface area contributed by atoms with Crippen molar-refractivity contribution < 1.29 is 4.74 Å². The van der Waals surface area contributed by atoms with Gasteiger partial charge in [0.15, 0.2) is 0 Å². The molecule has 1 aliphatic rings. The van der Waals surface area contributed by atoms with Gasteiger partial charge in [0.25, 0.3) is 0 Å². The fourth-order valence-electron chi connectivity index (χ4n) is 2.41. The minimum atomic E-state index is 0.554. The van der Waals surface area contributed by atoms with Gasteiger partial charge >= 0.3 is 0 Å². The summed E-state index contributed by atoms with van der Waals surface area (Å²) >= 11 is 0. The summed E-state index contributed by atoms with van der Waals surface area (Å²) in [6.45, 7) is 0.554. The highest BCUT2D eigenvalue weighted by Gasteiger charge is 2.17. The van der Waals surface area contributed by atoms with Gasteiger partial charge in [-0.3, -0.25) is 0 Å². The van der Waals surface area contributed by atoms with Crippen LogP contribution in [0, 0.1) is 0 Å². The largest absolute Gasteiger partial charge is 0.481 e. The van der Waals surface area contributed by atoms with Crippen molar-refractivity contribution in [2.45, 2.75) is 44.6 Å². The lowest BCUT2D eigenvalue weighted by Gasteiger charge is -2.21. The molecule has 0 atom stereocenters. The van der Waals surface area contributed by atoms with Gasteiger partial charge in [0.1, 0.15) is 0 Å². The van der Waals surface area contributed by atoms with Gasteiger partial charge in [0.2, 0.25) is 5.88 Å². The lowest BCUT2D eigenvalue weighted by Crippen LogP contribution is -2.09. The zero-order valence-corrected chi connectivity index (χ0v) is 9.91. The molecule has 0 aromatic carbocycles. The first kappa shape index (κ1) is 11.4. The number of aromatic nitrogens is 1. The summed E-state index contributed by atoms with van der Waals surface area (Å²) in [5, 5.41) is 0. The van der Waals surface area contributed by atoms with Gasteiger partial charge in [0.05, 0.1) is 7.11 Å². The van der Waals surface area contributed by atoms with Crippen LogP contribution in [-0.2, 0) is 6.54 Å². The summed E-state index contributed by atoms with van der Waals surface area (Å²) in [7, 11) is 1.66. The van der Waals surface area contributed by atoms with Crippen LogP contribution in [0.15, 0.2) is 12.1 Å². The van der Waals surface area contributed by atoms with Crippen LogP contribution < -0.4 is 10.5 Å². The van der Waals surface area contributed by atoms with E-state index in [0.29, 0.717) is 18.3 Å². The van der Waals surface area contributed by atoms with Crippen LogP contribution in [0.25, 0.3) is 0 Å². The standard InChI is InChI=1S/C13H20N2O/c1-16-13-8-10(9-14)7-12(15-13)11-5-3-2-4-6-11/h7-8,11H,2-6,9,14H2,1H3. The third kappa shape index (κ3) is 2.53. The van der Waals surface area contributed by atoms with Gasteiger partial charge in [-0.15, -0.1) is 0 Å². The van der Waals surface area contributed by atoms with E-state index in [-0.39, 0.29) is 0 Å². The van der Waals surface area contributed by atoms with Gasteiger partial charge in [-0.2, -0.15) is 0 Å². The second-order valence-corrected chi connectivity index (χ2v) is 4.48. The van der Waals surface area contributed by atoms with E-state index in [1.54, 1.807) is 7.11 Å². The Morgan fingerprint density at radius 1 is 1.31 bits per heavy atom. The van der Waals surface area contributed by atoms with Crippen molar-refractivity contribution in [1.82, 2.24) is 4.98 Å². The van der Waals surface area contributed by atoms with Crippen LogP contribution in [0.4, 0.5) is 0 Å². The molecule has 0 bridgehead atoms. The SMILES string of the molecule is COc1cc(CN)cc(C2CCCCC2)n1. The molecule has 3 nitrogen and oxygen atoms in total. The van der Waals surface area contributed by atoms with Crippen molar-refractivity contribution in [3.8, 4) is 5.88 Å².